The maximum absolute atomic E-state index is 13.7. The molecule has 7 heteroatoms. The second-order valence-corrected chi connectivity index (χ2v) is 10.9. The second-order valence-electron chi connectivity index (χ2n) is 10.9. The van der Waals surface area contributed by atoms with Crippen LogP contribution in [0.4, 0.5) is 4.79 Å². The van der Waals surface area contributed by atoms with Gasteiger partial charge >= 0.3 is 6.09 Å². The lowest BCUT2D eigenvalue weighted by Gasteiger charge is -2.31. The van der Waals surface area contributed by atoms with E-state index in [1.54, 1.807) is 6.92 Å². The van der Waals surface area contributed by atoms with Gasteiger partial charge in [0.2, 0.25) is 5.91 Å². The average Bonchev–Trinajstić information content (AvgIpc) is 2.94. The Morgan fingerprint density at radius 3 is 2.40 bits per heavy atom. The van der Waals surface area contributed by atoms with Gasteiger partial charge in [0.05, 0.1) is 18.2 Å². The minimum Gasteiger partial charge on any atom is -0.447 e. The van der Waals surface area contributed by atoms with E-state index in [0.29, 0.717) is 12.1 Å². The van der Waals surface area contributed by atoms with Gasteiger partial charge < -0.3 is 20.5 Å². The van der Waals surface area contributed by atoms with Crippen molar-refractivity contribution in [3.8, 4) is 0 Å². The van der Waals surface area contributed by atoms with Crippen LogP contribution in [0.15, 0.2) is 66.7 Å². The second kappa shape index (κ2) is 16.0. The van der Waals surface area contributed by atoms with Crippen LogP contribution in [0.3, 0.4) is 0 Å². The van der Waals surface area contributed by atoms with Gasteiger partial charge in [-0.25, -0.2) is 4.79 Å². The van der Waals surface area contributed by atoms with E-state index in [-0.39, 0.29) is 19.1 Å². The summed E-state index contributed by atoms with van der Waals surface area (Å²) in [6.45, 7) is 5.53. The number of hydrogen-bond donors (Lipinski definition) is 3. The third-order valence-electron chi connectivity index (χ3n) is 7.22. The molecule has 0 aliphatic carbocycles. The molecule has 1 aromatic heterocycles. The van der Waals surface area contributed by atoms with Crippen molar-refractivity contribution in [3.63, 3.8) is 0 Å². The van der Waals surface area contributed by atoms with Gasteiger partial charge in [-0.2, -0.15) is 0 Å². The van der Waals surface area contributed by atoms with Crippen molar-refractivity contribution in [2.45, 2.75) is 96.2 Å². The van der Waals surface area contributed by atoms with Gasteiger partial charge in [0.25, 0.3) is 0 Å². The zero-order valence-corrected chi connectivity index (χ0v) is 24.2. The summed E-state index contributed by atoms with van der Waals surface area (Å²) in [7, 11) is 0. The SMILES string of the molecule is CCCCCCCCC(C)OC(=O)NC(C)(Cc1ccc2ccccc2n1)C(=O)NC(CO)Cc1ccccc1. The van der Waals surface area contributed by atoms with Crippen molar-refractivity contribution in [1.29, 1.82) is 0 Å². The molecule has 0 spiro atoms. The first-order valence-electron chi connectivity index (χ1n) is 14.6. The van der Waals surface area contributed by atoms with Crippen LogP contribution in [-0.2, 0) is 22.4 Å². The molecule has 7 nitrogen and oxygen atoms in total. The molecule has 2 amide bonds. The molecule has 3 atom stereocenters. The number of pyridine rings is 1. The number of fused-ring (bicyclic) bond motifs is 1. The first-order chi connectivity index (χ1) is 19.3. The summed E-state index contributed by atoms with van der Waals surface area (Å²) in [4.78, 5) is 31.4. The van der Waals surface area contributed by atoms with Crippen LogP contribution in [0.25, 0.3) is 10.9 Å². The number of alkyl carbamates (subject to hydrolysis) is 1. The Morgan fingerprint density at radius 2 is 1.65 bits per heavy atom. The third kappa shape index (κ3) is 9.94. The average molecular weight is 548 g/mol. The zero-order chi connectivity index (χ0) is 28.8. The van der Waals surface area contributed by atoms with Crippen LogP contribution in [0, 0.1) is 0 Å². The smallest absolute Gasteiger partial charge is 0.408 e. The highest BCUT2D eigenvalue weighted by atomic mass is 16.6. The van der Waals surface area contributed by atoms with Crippen molar-refractivity contribution < 1.29 is 19.4 Å². The van der Waals surface area contributed by atoms with E-state index in [2.05, 4.69) is 17.6 Å². The number of nitrogens with one attached hydrogen (secondary N) is 2. The highest BCUT2D eigenvalue weighted by molar-refractivity contribution is 5.90. The van der Waals surface area contributed by atoms with Gasteiger partial charge in [0, 0.05) is 17.5 Å². The molecule has 0 fully saturated rings. The van der Waals surface area contributed by atoms with E-state index >= 15 is 0 Å². The quantitative estimate of drug-likeness (QED) is 0.188. The van der Waals surface area contributed by atoms with Crippen molar-refractivity contribution in [2.24, 2.45) is 0 Å². The number of rotatable bonds is 16. The Labute approximate surface area is 238 Å². The molecule has 3 rings (SSSR count). The normalized spacial score (nSPS) is 14.2. The van der Waals surface area contributed by atoms with Crippen LogP contribution < -0.4 is 10.6 Å². The van der Waals surface area contributed by atoms with E-state index in [0.717, 1.165) is 35.7 Å². The van der Waals surface area contributed by atoms with Gasteiger partial charge in [0.15, 0.2) is 0 Å². The molecule has 0 aliphatic heterocycles. The minimum atomic E-state index is -1.35. The number of aliphatic hydroxyl groups excluding tert-OH is 1. The molecule has 3 unspecified atom stereocenters. The molecule has 40 heavy (non-hydrogen) atoms. The summed E-state index contributed by atoms with van der Waals surface area (Å²) in [5.74, 6) is -0.405. The number of para-hydroxylation sites is 1. The fourth-order valence-corrected chi connectivity index (χ4v) is 4.86. The number of carbonyl (C=O) groups excluding carboxylic acids is 2. The fraction of sp³-hybridized carbons (Fsp3) is 0.485. The predicted molar refractivity (Wildman–Crippen MR) is 160 cm³/mol. The maximum atomic E-state index is 13.7. The van der Waals surface area contributed by atoms with Crippen molar-refractivity contribution >= 4 is 22.9 Å². The summed E-state index contributed by atoms with van der Waals surface area (Å²) < 4.78 is 5.66. The molecule has 0 aliphatic rings. The number of aromatic nitrogens is 1. The van der Waals surface area contributed by atoms with Gasteiger partial charge in [-0.1, -0.05) is 93.6 Å². The molecule has 3 N–H and O–H groups in total. The molecule has 0 saturated carbocycles. The van der Waals surface area contributed by atoms with Crippen LogP contribution in [0.5, 0.6) is 0 Å². The van der Waals surface area contributed by atoms with Crippen molar-refractivity contribution in [2.75, 3.05) is 6.61 Å². The third-order valence-corrected chi connectivity index (χ3v) is 7.22. The van der Waals surface area contributed by atoms with E-state index < -0.39 is 23.6 Å². The summed E-state index contributed by atoms with van der Waals surface area (Å²) in [6.07, 6.45) is 7.51. The van der Waals surface area contributed by atoms with Gasteiger partial charge in [-0.15, -0.1) is 0 Å². The molecule has 3 aromatic rings. The summed E-state index contributed by atoms with van der Waals surface area (Å²) in [6, 6.07) is 20.8. The van der Waals surface area contributed by atoms with Crippen LogP contribution in [-0.4, -0.2) is 46.4 Å². The van der Waals surface area contributed by atoms with E-state index in [1.807, 2.05) is 73.7 Å². The Bertz CT molecular complexity index is 1200. The van der Waals surface area contributed by atoms with E-state index in [9.17, 15) is 14.7 Å². The zero-order valence-electron chi connectivity index (χ0n) is 24.2. The van der Waals surface area contributed by atoms with Crippen LogP contribution in [0.1, 0.15) is 77.0 Å². The minimum absolute atomic E-state index is 0.161. The highest BCUT2D eigenvalue weighted by Gasteiger charge is 2.37. The Kier molecular flexibility index (Phi) is 12.4. The summed E-state index contributed by atoms with van der Waals surface area (Å²) in [5.41, 5.74) is 1.13. The molecule has 2 aromatic carbocycles. The summed E-state index contributed by atoms with van der Waals surface area (Å²) in [5, 5.41) is 16.8. The molecule has 216 valence electrons. The predicted octanol–water partition coefficient (Wildman–Crippen LogP) is 6.12. The van der Waals surface area contributed by atoms with Crippen molar-refractivity contribution in [1.82, 2.24) is 15.6 Å². The molecular weight excluding hydrogens is 502 g/mol. The first-order valence-corrected chi connectivity index (χ1v) is 14.6. The maximum Gasteiger partial charge on any atom is 0.408 e. The number of hydrogen-bond acceptors (Lipinski definition) is 5. The number of nitrogens with zero attached hydrogens (tertiary/aromatic N) is 1. The van der Waals surface area contributed by atoms with Gasteiger partial charge in [-0.3, -0.25) is 9.78 Å². The highest BCUT2D eigenvalue weighted by Crippen LogP contribution is 2.19. The molecule has 0 bridgehead atoms. The first kappa shape index (κ1) is 31.1. The lowest BCUT2D eigenvalue weighted by molar-refractivity contribution is -0.128. The number of ether oxygens (including phenoxy) is 1. The number of carbonyl (C=O) groups is 2. The Balaban J connectivity index is 1.70. The number of benzene rings is 2. The van der Waals surface area contributed by atoms with E-state index in [1.165, 1.54) is 25.7 Å². The lowest BCUT2D eigenvalue weighted by Crippen LogP contribution is -2.60. The van der Waals surface area contributed by atoms with E-state index in [4.69, 9.17) is 9.72 Å². The number of unbranched alkanes of at least 4 members (excludes halogenated alkanes) is 5. The largest absolute Gasteiger partial charge is 0.447 e. The van der Waals surface area contributed by atoms with Crippen LogP contribution in [0.2, 0.25) is 0 Å². The lowest BCUT2D eigenvalue weighted by atomic mass is 9.93. The molecule has 0 radical (unpaired) electrons. The van der Waals surface area contributed by atoms with Gasteiger partial charge in [-0.05, 0) is 50.8 Å². The molecule has 0 saturated heterocycles. The topological polar surface area (TPSA) is 101 Å². The Hall–Kier alpha value is -3.45. The van der Waals surface area contributed by atoms with Gasteiger partial charge in [0.1, 0.15) is 11.6 Å². The number of amides is 2. The monoisotopic (exact) mass is 547 g/mol. The van der Waals surface area contributed by atoms with Crippen molar-refractivity contribution in [3.05, 3.63) is 78.0 Å². The number of aliphatic hydroxyl groups is 1. The molecule has 1 heterocycles. The van der Waals surface area contributed by atoms with Crippen LogP contribution >= 0.6 is 0 Å². The Morgan fingerprint density at radius 1 is 0.950 bits per heavy atom. The standard InChI is InChI=1S/C33H45N3O4/c1-4-5-6-7-8-10-15-25(2)40-32(39)36-33(3,23-28-21-20-27-18-13-14-19-30(27)34-28)31(38)35-29(24-37)22-26-16-11-9-12-17-26/h9,11-14,16-21,25,29,37H,4-8,10,15,22-24H2,1-3H3,(H,35,38)(H,36,39). The fourth-order valence-electron chi connectivity index (χ4n) is 4.86. The summed E-state index contributed by atoms with van der Waals surface area (Å²) >= 11 is 0. The molecular formula is C33H45N3O4.